The highest BCUT2D eigenvalue weighted by molar-refractivity contribution is 5.91. The smallest absolute Gasteiger partial charge is 0.398 e. The van der Waals surface area contributed by atoms with Crippen LogP contribution in [0, 0.1) is 0 Å². The standard InChI is InChI=1S/C11H11F3N2O/c12-11(13,14)17-7-6-16-5-4-8-9(15)2-1-3-10(8)16/h1-5H,6-7,15H2. The van der Waals surface area contributed by atoms with Crippen molar-refractivity contribution in [3.8, 4) is 0 Å². The summed E-state index contributed by atoms with van der Waals surface area (Å²) in [5.41, 5.74) is 7.15. The van der Waals surface area contributed by atoms with E-state index in [1.54, 1.807) is 35.0 Å². The monoisotopic (exact) mass is 244 g/mol. The zero-order valence-corrected chi connectivity index (χ0v) is 8.87. The van der Waals surface area contributed by atoms with Crippen molar-refractivity contribution in [2.24, 2.45) is 0 Å². The summed E-state index contributed by atoms with van der Waals surface area (Å²) in [4.78, 5) is 0. The van der Waals surface area contributed by atoms with Crippen molar-refractivity contribution in [3.63, 3.8) is 0 Å². The molecule has 0 amide bonds. The van der Waals surface area contributed by atoms with Crippen molar-refractivity contribution in [1.82, 2.24) is 4.57 Å². The third-order valence-electron chi connectivity index (χ3n) is 2.45. The minimum absolute atomic E-state index is 0.131. The lowest BCUT2D eigenvalue weighted by Gasteiger charge is -2.09. The predicted octanol–water partition coefficient (Wildman–Crippen LogP) is 2.76. The van der Waals surface area contributed by atoms with E-state index in [9.17, 15) is 13.2 Å². The highest BCUT2D eigenvalue weighted by Gasteiger charge is 2.28. The zero-order valence-electron chi connectivity index (χ0n) is 8.87. The van der Waals surface area contributed by atoms with E-state index in [1.165, 1.54) is 0 Å². The van der Waals surface area contributed by atoms with Crippen LogP contribution in [-0.2, 0) is 11.3 Å². The third-order valence-corrected chi connectivity index (χ3v) is 2.45. The Hall–Kier alpha value is -1.69. The molecule has 3 nitrogen and oxygen atoms in total. The Labute approximate surface area is 95.6 Å². The van der Waals surface area contributed by atoms with Crippen LogP contribution in [-0.4, -0.2) is 17.5 Å². The molecular formula is C11H11F3N2O. The van der Waals surface area contributed by atoms with Gasteiger partial charge in [0.25, 0.3) is 0 Å². The number of nitrogen functional groups attached to an aromatic ring is 1. The Morgan fingerprint density at radius 1 is 1.24 bits per heavy atom. The second-order valence-electron chi connectivity index (χ2n) is 3.58. The summed E-state index contributed by atoms with van der Waals surface area (Å²) >= 11 is 0. The first kappa shape index (κ1) is 11.8. The molecule has 1 aromatic heterocycles. The number of nitrogens with zero attached hydrogens (tertiary/aromatic N) is 1. The highest BCUT2D eigenvalue weighted by atomic mass is 19.4. The molecule has 17 heavy (non-hydrogen) atoms. The van der Waals surface area contributed by atoms with Crippen LogP contribution in [0.3, 0.4) is 0 Å². The normalized spacial score (nSPS) is 12.2. The molecule has 0 fully saturated rings. The van der Waals surface area contributed by atoms with Gasteiger partial charge in [-0.15, -0.1) is 13.2 Å². The number of aromatic nitrogens is 1. The van der Waals surface area contributed by atoms with Crippen LogP contribution in [0.1, 0.15) is 0 Å². The molecule has 1 heterocycles. The van der Waals surface area contributed by atoms with Gasteiger partial charge >= 0.3 is 6.36 Å². The number of rotatable bonds is 3. The van der Waals surface area contributed by atoms with E-state index in [0.29, 0.717) is 5.69 Å². The molecule has 92 valence electrons. The number of hydrogen-bond donors (Lipinski definition) is 1. The van der Waals surface area contributed by atoms with Gasteiger partial charge in [0.2, 0.25) is 0 Å². The van der Waals surface area contributed by atoms with Gasteiger partial charge in [-0.25, -0.2) is 0 Å². The average Bonchev–Trinajstić information content (AvgIpc) is 2.61. The topological polar surface area (TPSA) is 40.2 Å². The van der Waals surface area contributed by atoms with E-state index in [1.807, 2.05) is 0 Å². The zero-order chi connectivity index (χ0) is 12.5. The van der Waals surface area contributed by atoms with E-state index < -0.39 is 13.0 Å². The summed E-state index contributed by atoms with van der Waals surface area (Å²) in [6.07, 6.45) is -2.89. The lowest BCUT2D eigenvalue weighted by Crippen LogP contribution is -2.17. The van der Waals surface area contributed by atoms with Gasteiger partial charge in [-0.1, -0.05) is 6.07 Å². The van der Waals surface area contributed by atoms with Crippen LogP contribution in [0.15, 0.2) is 30.5 Å². The molecule has 0 unspecified atom stereocenters. The fourth-order valence-electron chi connectivity index (χ4n) is 1.70. The molecule has 2 aromatic rings. The van der Waals surface area contributed by atoms with Gasteiger partial charge in [0.05, 0.1) is 12.1 Å². The summed E-state index contributed by atoms with van der Waals surface area (Å²) < 4.78 is 40.8. The Morgan fingerprint density at radius 3 is 2.71 bits per heavy atom. The number of ether oxygens (including phenoxy) is 1. The van der Waals surface area contributed by atoms with Gasteiger partial charge in [0, 0.05) is 23.8 Å². The first-order valence-corrected chi connectivity index (χ1v) is 5.01. The Kier molecular flexibility index (Phi) is 2.97. The fraction of sp³-hybridized carbons (Fsp3) is 0.273. The molecule has 0 saturated heterocycles. The maximum atomic E-state index is 11.8. The Morgan fingerprint density at radius 2 is 2.00 bits per heavy atom. The molecule has 0 aliphatic heterocycles. The second kappa shape index (κ2) is 4.29. The highest BCUT2D eigenvalue weighted by Crippen LogP contribution is 2.22. The first-order valence-electron chi connectivity index (χ1n) is 5.01. The predicted molar refractivity (Wildman–Crippen MR) is 58.4 cm³/mol. The van der Waals surface area contributed by atoms with E-state index in [2.05, 4.69) is 4.74 Å². The lowest BCUT2D eigenvalue weighted by molar-refractivity contribution is -0.325. The van der Waals surface area contributed by atoms with Gasteiger partial charge in [0.15, 0.2) is 0 Å². The maximum absolute atomic E-state index is 11.8. The quantitative estimate of drug-likeness (QED) is 0.843. The summed E-state index contributed by atoms with van der Waals surface area (Å²) in [6, 6.07) is 7.09. The van der Waals surface area contributed by atoms with Gasteiger partial charge in [0.1, 0.15) is 0 Å². The Balaban J connectivity index is 2.12. The molecule has 2 rings (SSSR count). The number of fused-ring (bicyclic) bond motifs is 1. The molecule has 2 N–H and O–H groups in total. The van der Waals surface area contributed by atoms with Crippen LogP contribution >= 0.6 is 0 Å². The average molecular weight is 244 g/mol. The van der Waals surface area contributed by atoms with Gasteiger partial charge < -0.3 is 10.3 Å². The van der Waals surface area contributed by atoms with Crippen LogP contribution in [0.4, 0.5) is 18.9 Å². The molecule has 0 aliphatic rings. The van der Waals surface area contributed by atoms with Crippen LogP contribution < -0.4 is 5.73 Å². The molecule has 6 heteroatoms. The van der Waals surface area contributed by atoms with E-state index in [-0.39, 0.29) is 6.54 Å². The van der Waals surface area contributed by atoms with Crippen LogP contribution in [0.25, 0.3) is 10.9 Å². The molecule has 0 bridgehead atoms. The molecule has 1 aromatic carbocycles. The van der Waals surface area contributed by atoms with E-state index >= 15 is 0 Å². The number of benzene rings is 1. The summed E-state index contributed by atoms with van der Waals surface area (Å²) in [6.45, 7) is -0.283. The maximum Gasteiger partial charge on any atom is 0.522 e. The minimum Gasteiger partial charge on any atom is -0.398 e. The SMILES string of the molecule is Nc1cccc2c1ccn2CCOC(F)(F)F. The van der Waals surface area contributed by atoms with Crippen LogP contribution in [0.5, 0.6) is 0 Å². The van der Waals surface area contributed by atoms with E-state index in [0.717, 1.165) is 10.9 Å². The molecule has 0 atom stereocenters. The second-order valence-corrected chi connectivity index (χ2v) is 3.58. The number of hydrogen-bond acceptors (Lipinski definition) is 2. The number of alkyl halides is 3. The molecule has 0 radical (unpaired) electrons. The van der Waals surface area contributed by atoms with Crippen molar-refractivity contribution in [3.05, 3.63) is 30.5 Å². The summed E-state index contributed by atoms with van der Waals surface area (Å²) in [7, 11) is 0. The van der Waals surface area contributed by atoms with Gasteiger partial charge in [-0.05, 0) is 18.2 Å². The van der Waals surface area contributed by atoms with Crippen molar-refractivity contribution in [2.75, 3.05) is 12.3 Å². The Bertz CT molecular complexity index is 519. The lowest BCUT2D eigenvalue weighted by atomic mass is 10.2. The van der Waals surface area contributed by atoms with Crippen molar-refractivity contribution < 1.29 is 17.9 Å². The number of halogens is 3. The molecular weight excluding hydrogens is 233 g/mol. The first-order chi connectivity index (χ1) is 7.97. The van der Waals surface area contributed by atoms with Crippen molar-refractivity contribution in [2.45, 2.75) is 12.9 Å². The van der Waals surface area contributed by atoms with Crippen molar-refractivity contribution >= 4 is 16.6 Å². The largest absolute Gasteiger partial charge is 0.522 e. The molecule has 0 saturated carbocycles. The third kappa shape index (κ3) is 2.71. The molecule has 0 spiro atoms. The number of nitrogens with two attached hydrogens (primary N) is 1. The number of anilines is 1. The van der Waals surface area contributed by atoms with Crippen LogP contribution in [0.2, 0.25) is 0 Å². The summed E-state index contributed by atoms with van der Waals surface area (Å²) in [5.74, 6) is 0. The fourth-order valence-corrected chi connectivity index (χ4v) is 1.70. The van der Waals surface area contributed by atoms with Gasteiger partial charge in [-0.2, -0.15) is 0 Å². The minimum atomic E-state index is -4.58. The van der Waals surface area contributed by atoms with E-state index in [4.69, 9.17) is 5.73 Å². The van der Waals surface area contributed by atoms with Gasteiger partial charge in [-0.3, -0.25) is 4.74 Å². The molecule has 0 aliphatic carbocycles. The summed E-state index contributed by atoms with van der Waals surface area (Å²) in [5, 5.41) is 0.833. The van der Waals surface area contributed by atoms with Crippen molar-refractivity contribution in [1.29, 1.82) is 0 Å².